The summed E-state index contributed by atoms with van der Waals surface area (Å²) in [6.07, 6.45) is 2.30. The van der Waals surface area contributed by atoms with Crippen LogP contribution in [0.15, 0.2) is 23.2 Å². The largest absolute Gasteiger partial charge is 0.497 e. The van der Waals surface area contributed by atoms with Gasteiger partial charge in [-0.15, -0.1) is 0 Å². The SMILES string of the molecule is CNC(=O)N=C(N)N(CC1CC1)c1ccc(OC)cc1Cl. The van der Waals surface area contributed by atoms with Crippen LogP contribution in [-0.4, -0.2) is 32.7 Å². The Morgan fingerprint density at radius 1 is 1.57 bits per heavy atom. The molecule has 0 atom stereocenters. The van der Waals surface area contributed by atoms with E-state index in [1.54, 1.807) is 24.1 Å². The molecule has 1 aliphatic carbocycles. The standard InChI is InChI=1S/C14H19ClN4O2/c1-17-14(20)18-13(16)19(8-9-3-4-9)12-6-5-10(21-2)7-11(12)15/h5-7,9H,3-4,8H2,1-2H3,(H3,16,17,18,20). The van der Waals surface area contributed by atoms with Gasteiger partial charge in [0.1, 0.15) is 5.75 Å². The maximum atomic E-state index is 11.4. The zero-order valence-electron chi connectivity index (χ0n) is 12.1. The van der Waals surface area contributed by atoms with Crippen molar-refractivity contribution in [3.8, 4) is 5.75 Å². The zero-order valence-corrected chi connectivity index (χ0v) is 12.9. The Balaban J connectivity index is 2.30. The number of nitrogens with two attached hydrogens (primary N) is 1. The van der Waals surface area contributed by atoms with Crippen molar-refractivity contribution in [3.63, 3.8) is 0 Å². The summed E-state index contributed by atoms with van der Waals surface area (Å²) in [5.41, 5.74) is 6.68. The van der Waals surface area contributed by atoms with Gasteiger partial charge < -0.3 is 20.7 Å². The van der Waals surface area contributed by atoms with Crippen molar-refractivity contribution in [3.05, 3.63) is 23.2 Å². The number of hydrogen-bond donors (Lipinski definition) is 2. The minimum atomic E-state index is -0.488. The second-order valence-corrected chi connectivity index (χ2v) is 5.30. The molecule has 1 aliphatic rings. The van der Waals surface area contributed by atoms with Gasteiger partial charge >= 0.3 is 6.03 Å². The second-order valence-electron chi connectivity index (χ2n) is 4.90. The third-order valence-corrected chi connectivity index (χ3v) is 3.59. The van der Waals surface area contributed by atoms with E-state index < -0.39 is 6.03 Å². The number of carbonyl (C=O) groups is 1. The van der Waals surface area contributed by atoms with E-state index in [-0.39, 0.29) is 5.96 Å². The van der Waals surface area contributed by atoms with E-state index >= 15 is 0 Å². The maximum Gasteiger partial charge on any atom is 0.343 e. The molecule has 2 amide bonds. The zero-order chi connectivity index (χ0) is 15.4. The van der Waals surface area contributed by atoms with Crippen molar-refractivity contribution >= 4 is 29.3 Å². The molecule has 0 radical (unpaired) electrons. The third kappa shape index (κ3) is 4.01. The highest BCUT2D eigenvalue weighted by atomic mass is 35.5. The van der Waals surface area contributed by atoms with E-state index in [1.807, 2.05) is 6.07 Å². The molecule has 6 nitrogen and oxygen atoms in total. The summed E-state index contributed by atoms with van der Waals surface area (Å²) in [5, 5.41) is 2.92. The van der Waals surface area contributed by atoms with E-state index in [0.29, 0.717) is 23.2 Å². The lowest BCUT2D eigenvalue weighted by molar-refractivity contribution is 0.251. The van der Waals surface area contributed by atoms with Crippen molar-refractivity contribution < 1.29 is 9.53 Å². The molecular weight excluding hydrogens is 292 g/mol. The van der Waals surface area contributed by atoms with Gasteiger partial charge in [-0.2, -0.15) is 4.99 Å². The Morgan fingerprint density at radius 2 is 2.29 bits per heavy atom. The molecule has 2 rings (SSSR count). The molecule has 1 aromatic carbocycles. The number of hydrogen-bond acceptors (Lipinski definition) is 2. The van der Waals surface area contributed by atoms with Gasteiger partial charge in [0, 0.05) is 19.7 Å². The molecule has 0 saturated heterocycles. The molecule has 0 aromatic heterocycles. The molecule has 7 heteroatoms. The van der Waals surface area contributed by atoms with Crippen LogP contribution in [0.5, 0.6) is 5.75 Å². The molecule has 114 valence electrons. The van der Waals surface area contributed by atoms with Gasteiger partial charge in [-0.3, -0.25) is 0 Å². The third-order valence-electron chi connectivity index (χ3n) is 3.29. The van der Waals surface area contributed by atoms with E-state index in [2.05, 4.69) is 10.3 Å². The van der Waals surface area contributed by atoms with Crippen LogP contribution in [0, 0.1) is 5.92 Å². The van der Waals surface area contributed by atoms with Crippen LogP contribution < -0.4 is 20.7 Å². The molecule has 21 heavy (non-hydrogen) atoms. The average molecular weight is 311 g/mol. The molecule has 3 N–H and O–H groups in total. The maximum absolute atomic E-state index is 11.4. The van der Waals surface area contributed by atoms with Crippen molar-refractivity contribution in [1.29, 1.82) is 0 Å². The van der Waals surface area contributed by atoms with Crippen molar-refractivity contribution in [2.45, 2.75) is 12.8 Å². The Kier molecular flexibility index (Phi) is 4.90. The molecule has 1 aromatic rings. The summed E-state index contributed by atoms with van der Waals surface area (Å²) < 4.78 is 5.14. The number of amides is 2. The fourth-order valence-corrected chi connectivity index (χ4v) is 2.20. The van der Waals surface area contributed by atoms with Gasteiger partial charge in [0.05, 0.1) is 17.8 Å². The van der Waals surface area contributed by atoms with Crippen molar-refractivity contribution in [1.82, 2.24) is 5.32 Å². The first-order valence-electron chi connectivity index (χ1n) is 6.72. The van der Waals surface area contributed by atoms with Crippen LogP contribution >= 0.6 is 11.6 Å². The number of guanidine groups is 1. The van der Waals surface area contributed by atoms with E-state index in [0.717, 1.165) is 18.5 Å². The van der Waals surface area contributed by atoms with Crippen LogP contribution in [0.2, 0.25) is 5.02 Å². The Labute approximate surface area is 128 Å². The van der Waals surface area contributed by atoms with Gasteiger partial charge in [0.25, 0.3) is 0 Å². The minimum absolute atomic E-state index is 0.133. The number of halogens is 1. The summed E-state index contributed by atoms with van der Waals surface area (Å²) in [6, 6.07) is 4.84. The number of methoxy groups -OCH3 is 1. The molecule has 0 aliphatic heterocycles. The Hall–Kier alpha value is -1.95. The number of ether oxygens (including phenoxy) is 1. The molecule has 1 fully saturated rings. The summed E-state index contributed by atoms with van der Waals surface area (Å²) in [5.74, 6) is 1.35. The highest BCUT2D eigenvalue weighted by Crippen LogP contribution is 2.35. The smallest absolute Gasteiger partial charge is 0.343 e. The Morgan fingerprint density at radius 3 is 2.81 bits per heavy atom. The highest BCUT2D eigenvalue weighted by Gasteiger charge is 2.27. The number of aliphatic imine (C=N–C) groups is 1. The number of nitrogens with one attached hydrogen (secondary N) is 1. The molecule has 0 bridgehead atoms. The number of urea groups is 1. The number of anilines is 1. The molecule has 0 unspecified atom stereocenters. The first-order valence-corrected chi connectivity index (χ1v) is 7.10. The van der Waals surface area contributed by atoms with E-state index in [1.165, 1.54) is 7.05 Å². The second kappa shape index (κ2) is 6.67. The number of carbonyl (C=O) groups excluding carboxylic acids is 1. The van der Waals surface area contributed by atoms with Crippen LogP contribution in [0.3, 0.4) is 0 Å². The molecular formula is C14H19ClN4O2. The minimum Gasteiger partial charge on any atom is -0.497 e. The van der Waals surface area contributed by atoms with Gasteiger partial charge in [0.2, 0.25) is 5.96 Å². The first kappa shape index (κ1) is 15.4. The predicted molar refractivity (Wildman–Crippen MR) is 84.2 cm³/mol. The van der Waals surface area contributed by atoms with E-state index in [4.69, 9.17) is 22.1 Å². The lowest BCUT2D eigenvalue weighted by Crippen LogP contribution is -2.40. The summed E-state index contributed by atoms with van der Waals surface area (Å²) in [4.78, 5) is 17.0. The van der Waals surface area contributed by atoms with Crippen LogP contribution in [0.4, 0.5) is 10.5 Å². The van der Waals surface area contributed by atoms with Crippen molar-refractivity contribution in [2.24, 2.45) is 16.6 Å². The highest BCUT2D eigenvalue weighted by molar-refractivity contribution is 6.34. The Bertz CT molecular complexity index is 558. The molecule has 0 spiro atoms. The van der Waals surface area contributed by atoms with Gasteiger partial charge in [-0.05, 0) is 30.9 Å². The fraction of sp³-hybridized carbons (Fsp3) is 0.429. The van der Waals surface area contributed by atoms with E-state index in [9.17, 15) is 4.79 Å². The monoisotopic (exact) mass is 310 g/mol. The van der Waals surface area contributed by atoms with Gasteiger partial charge in [-0.25, -0.2) is 4.79 Å². The normalized spacial score (nSPS) is 14.7. The van der Waals surface area contributed by atoms with Gasteiger partial charge in [0.15, 0.2) is 0 Å². The fourth-order valence-electron chi connectivity index (χ4n) is 1.93. The van der Waals surface area contributed by atoms with Gasteiger partial charge in [-0.1, -0.05) is 11.6 Å². The molecule has 1 saturated carbocycles. The lowest BCUT2D eigenvalue weighted by atomic mass is 10.2. The van der Waals surface area contributed by atoms with Crippen LogP contribution in [0.1, 0.15) is 12.8 Å². The number of nitrogens with zero attached hydrogens (tertiary/aromatic N) is 2. The van der Waals surface area contributed by atoms with Crippen molar-refractivity contribution in [2.75, 3.05) is 25.6 Å². The summed E-state index contributed by atoms with van der Waals surface area (Å²) in [7, 11) is 3.08. The topological polar surface area (TPSA) is 80.0 Å². The predicted octanol–water partition coefficient (Wildman–Crippen LogP) is 2.22. The summed E-state index contributed by atoms with van der Waals surface area (Å²) in [6.45, 7) is 0.693. The average Bonchev–Trinajstić information content (AvgIpc) is 3.28. The number of benzene rings is 1. The summed E-state index contributed by atoms with van der Waals surface area (Å²) >= 11 is 6.29. The van der Waals surface area contributed by atoms with Crippen LogP contribution in [0.25, 0.3) is 0 Å². The lowest BCUT2D eigenvalue weighted by Gasteiger charge is -2.24. The number of rotatable bonds is 4. The first-order chi connectivity index (χ1) is 10.0. The van der Waals surface area contributed by atoms with Crippen LogP contribution in [-0.2, 0) is 0 Å². The molecule has 0 heterocycles. The quantitative estimate of drug-likeness (QED) is 0.660.